The average molecular weight is 269 g/mol. The number of hydrogen-bond acceptors (Lipinski definition) is 2. The molecule has 1 aromatic heterocycles. The van der Waals surface area contributed by atoms with E-state index < -0.39 is 0 Å². The number of hydrogen-bond donors (Lipinski definition) is 2. The Morgan fingerprint density at radius 2 is 2.25 bits per heavy atom. The molecule has 0 radical (unpaired) electrons. The van der Waals surface area contributed by atoms with E-state index in [1.807, 2.05) is 42.3 Å². The van der Waals surface area contributed by atoms with Crippen LogP contribution in [0.5, 0.6) is 0 Å². The van der Waals surface area contributed by atoms with Crippen molar-refractivity contribution in [3.05, 3.63) is 53.3 Å². The lowest BCUT2D eigenvalue weighted by atomic mass is 10.1. The number of nitrogens with zero attached hydrogens (tertiary/aromatic N) is 1. The van der Waals surface area contributed by atoms with Crippen molar-refractivity contribution in [2.45, 2.75) is 25.8 Å². The van der Waals surface area contributed by atoms with E-state index in [2.05, 4.69) is 4.98 Å². The lowest BCUT2D eigenvalue weighted by Gasteiger charge is -2.25. The van der Waals surface area contributed by atoms with Crippen LogP contribution < -0.4 is 5.73 Å². The molecular weight excluding hydrogens is 250 g/mol. The molecule has 0 aliphatic carbocycles. The second kappa shape index (κ2) is 5.04. The van der Waals surface area contributed by atoms with Crippen molar-refractivity contribution in [2.24, 2.45) is 0 Å². The number of nitrogen functional groups attached to an aromatic ring is 1. The summed E-state index contributed by atoms with van der Waals surface area (Å²) in [5, 5.41) is 0. The predicted molar refractivity (Wildman–Crippen MR) is 79.4 cm³/mol. The second-order valence-electron chi connectivity index (χ2n) is 5.36. The Morgan fingerprint density at radius 3 is 3.00 bits per heavy atom. The van der Waals surface area contributed by atoms with E-state index in [0.29, 0.717) is 11.3 Å². The highest BCUT2D eigenvalue weighted by molar-refractivity contribution is 5.96. The number of carbonyl (C=O) groups is 1. The Kier molecular flexibility index (Phi) is 3.22. The Morgan fingerprint density at radius 1 is 1.40 bits per heavy atom. The third-order valence-corrected chi connectivity index (χ3v) is 3.99. The summed E-state index contributed by atoms with van der Waals surface area (Å²) in [6, 6.07) is 9.69. The first-order valence-electron chi connectivity index (χ1n) is 6.97. The molecule has 1 fully saturated rings. The number of H-pyrrole nitrogens is 1. The lowest BCUT2D eigenvalue weighted by molar-refractivity contribution is 0.0732. The Hall–Kier alpha value is -2.23. The Balaban J connectivity index is 1.91. The maximum atomic E-state index is 12.8. The van der Waals surface area contributed by atoms with Gasteiger partial charge in [-0.2, -0.15) is 0 Å². The van der Waals surface area contributed by atoms with Gasteiger partial charge in [0.1, 0.15) is 0 Å². The van der Waals surface area contributed by atoms with Crippen LogP contribution in [0.3, 0.4) is 0 Å². The first kappa shape index (κ1) is 12.8. The van der Waals surface area contributed by atoms with Crippen LogP contribution in [0, 0.1) is 6.92 Å². The van der Waals surface area contributed by atoms with Gasteiger partial charge in [-0.3, -0.25) is 4.79 Å². The summed E-state index contributed by atoms with van der Waals surface area (Å²) in [5.74, 6) is 0.0758. The molecule has 4 nitrogen and oxygen atoms in total. The van der Waals surface area contributed by atoms with Gasteiger partial charge in [0.05, 0.1) is 6.04 Å². The van der Waals surface area contributed by atoms with Crippen LogP contribution in [-0.2, 0) is 0 Å². The van der Waals surface area contributed by atoms with Gasteiger partial charge in [0.15, 0.2) is 0 Å². The summed E-state index contributed by atoms with van der Waals surface area (Å²) in [6.07, 6.45) is 3.95. The van der Waals surface area contributed by atoms with E-state index in [1.165, 1.54) is 0 Å². The number of benzene rings is 1. The summed E-state index contributed by atoms with van der Waals surface area (Å²) in [5.41, 5.74) is 9.24. The number of anilines is 1. The van der Waals surface area contributed by atoms with Crippen LogP contribution in [0.2, 0.25) is 0 Å². The number of aromatic nitrogens is 1. The summed E-state index contributed by atoms with van der Waals surface area (Å²) in [7, 11) is 0. The van der Waals surface area contributed by atoms with Crippen molar-refractivity contribution in [3.8, 4) is 0 Å². The number of aromatic amines is 1. The van der Waals surface area contributed by atoms with Gasteiger partial charge in [-0.05, 0) is 49.6 Å². The highest BCUT2D eigenvalue weighted by Crippen LogP contribution is 2.32. The first-order valence-corrected chi connectivity index (χ1v) is 6.97. The summed E-state index contributed by atoms with van der Waals surface area (Å²) in [4.78, 5) is 18.0. The molecule has 3 N–H and O–H groups in total. The topological polar surface area (TPSA) is 62.1 Å². The summed E-state index contributed by atoms with van der Waals surface area (Å²) in [6.45, 7) is 2.75. The Labute approximate surface area is 118 Å². The first-order chi connectivity index (χ1) is 9.66. The molecule has 1 aromatic carbocycles. The molecule has 2 aromatic rings. The number of carbonyl (C=O) groups excluding carboxylic acids is 1. The molecule has 1 amide bonds. The molecule has 1 saturated heterocycles. The van der Waals surface area contributed by atoms with E-state index in [1.54, 1.807) is 6.07 Å². The molecule has 0 saturated carbocycles. The number of likely N-dealkylation sites (tertiary alicyclic amines) is 1. The monoisotopic (exact) mass is 269 g/mol. The fourth-order valence-electron chi connectivity index (χ4n) is 2.91. The minimum Gasteiger partial charge on any atom is -0.399 e. The van der Waals surface area contributed by atoms with Gasteiger partial charge < -0.3 is 15.6 Å². The van der Waals surface area contributed by atoms with Gasteiger partial charge >= 0.3 is 0 Å². The summed E-state index contributed by atoms with van der Waals surface area (Å²) < 4.78 is 0. The number of amides is 1. The third kappa shape index (κ3) is 2.18. The van der Waals surface area contributed by atoms with Crippen LogP contribution in [0.1, 0.15) is 40.5 Å². The zero-order valence-electron chi connectivity index (χ0n) is 11.6. The van der Waals surface area contributed by atoms with E-state index in [-0.39, 0.29) is 11.9 Å². The molecule has 20 heavy (non-hydrogen) atoms. The fourth-order valence-corrected chi connectivity index (χ4v) is 2.91. The number of nitrogens with one attached hydrogen (secondary N) is 1. The average Bonchev–Trinajstić information content (AvgIpc) is 3.10. The molecule has 0 spiro atoms. The molecular formula is C16H19N3O. The van der Waals surface area contributed by atoms with E-state index in [4.69, 9.17) is 5.73 Å². The molecule has 104 valence electrons. The van der Waals surface area contributed by atoms with Crippen LogP contribution in [0.4, 0.5) is 5.69 Å². The quantitative estimate of drug-likeness (QED) is 0.823. The fraction of sp³-hybridized carbons (Fsp3) is 0.312. The number of rotatable bonds is 2. The van der Waals surface area contributed by atoms with Crippen molar-refractivity contribution in [1.29, 1.82) is 0 Å². The van der Waals surface area contributed by atoms with E-state index in [0.717, 1.165) is 30.6 Å². The SMILES string of the molecule is Cc1ccc(N)cc1C(=O)N1CCCC1c1ccc[nH]1. The molecule has 4 heteroatoms. The molecule has 0 bridgehead atoms. The van der Waals surface area contributed by atoms with Crippen molar-refractivity contribution < 1.29 is 4.79 Å². The van der Waals surface area contributed by atoms with Gasteiger partial charge in [0.2, 0.25) is 0 Å². The zero-order valence-corrected chi connectivity index (χ0v) is 11.6. The van der Waals surface area contributed by atoms with Gasteiger partial charge in [-0.15, -0.1) is 0 Å². The van der Waals surface area contributed by atoms with Crippen molar-refractivity contribution in [3.63, 3.8) is 0 Å². The van der Waals surface area contributed by atoms with Crippen molar-refractivity contribution in [2.75, 3.05) is 12.3 Å². The zero-order chi connectivity index (χ0) is 14.1. The molecule has 1 aliphatic heterocycles. The van der Waals surface area contributed by atoms with Crippen LogP contribution in [0.15, 0.2) is 36.5 Å². The lowest BCUT2D eigenvalue weighted by Crippen LogP contribution is -2.31. The van der Waals surface area contributed by atoms with E-state index in [9.17, 15) is 4.79 Å². The molecule has 1 aliphatic rings. The van der Waals surface area contributed by atoms with Gasteiger partial charge in [0.25, 0.3) is 5.91 Å². The van der Waals surface area contributed by atoms with Crippen LogP contribution in [-0.4, -0.2) is 22.3 Å². The third-order valence-electron chi connectivity index (χ3n) is 3.99. The maximum absolute atomic E-state index is 12.8. The van der Waals surface area contributed by atoms with E-state index >= 15 is 0 Å². The van der Waals surface area contributed by atoms with Gasteiger partial charge in [0, 0.05) is 29.7 Å². The summed E-state index contributed by atoms with van der Waals surface area (Å²) >= 11 is 0. The predicted octanol–water partition coefficient (Wildman–Crippen LogP) is 2.88. The number of nitrogens with two attached hydrogens (primary N) is 1. The molecule has 1 unspecified atom stereocenters. The second-order valence-corrected chi connectivity index (χ2v) is 5.36. The van der Waals surface area contributed by atoms with Crippen molar-refractivity contribution in [1.82, 2.24) is 9.88 Å². The molecule has 1 atom stereocenters. The number of aryl methyl sites for hydroxylation is 1. The van der Waals surface area contributed by atoms with Crippen molar-refractivity contribution >= 4 is 11.6 Å². The standard InChI is InChI=1S/C16H19N3O/c1-11-6-7-12(17)10-13(11)16(20)19-9-3-5-15(19)14-4-2-8-18-14/h2,4,6-8,10,15,18H,3,5,9,17H2,1H3. The maximum Gasteiger partial charge on any atom is 0.254 e. The van der Waals surface area contributed by atoms with Gasteiger partial charge in [-0.25, -0.2) is 0 Å². The minimum atomic E-state index is 0.0758. The smallest absolute Gasteiger partial charge is 0.254 e. The normalized spacial score (nSPS) is 18.4. The molecule has 2 heterocycles. The van der Waals surface area contributed by atoms with Gasteiger partial charge in [-0.1, -0.05) is 6.07 Å². The van der Waals surface area contributed by atoms with Crippen LogP contribution >= 0.6 is 0 Å². The Bertz CT molecular complexity index is 619. The van der Waals surface area contributed by atoms with Crippen LogP contribution in [0.25, 0.3) is 0 Å². The highest BCUT2D eigenvalue weighted by Gasteiger charge is 2.31. The highest BCUT2D eigenvalue weighted by atomic mass is 16.2. The molecule has 3 rings (SSSR count). The largest absolute Gasteiger partial charge is 0.399 e. The minimum absolute atomic E-state index is 0.0758.